The van der Waals surface area contributed by atoms with Crippen LogP contribution in [0.4, 0.5) is 11.4 Å². The highest BCUT2D eigenvalue weighted by Crippen LogP contribution is 2.22. The van der Waals surface area contributed by atoms with Crippen molar-refractivity contribution in [3.8, 4) is 0 Å². The van der Waals surface area contributed by atoms with Gasteiger partial charge in [0.15, 0.2) is 0 Å². The Kier molecular flexibility index (Phi) is 4.41. The average molecular weight is 218 g/mol. The van der Waals surface area contributed by atoms with E-state index in [2.05, 4.69) is 62.9 Å². The summed E-state index contributed by atoms with van der Waals surface area (Å²) < 4.78 is 0. The van der Waals surface area contributed by atoms with E-state index in [1.165, 1.54) is 16.8 Å². The van der Waals surface area contributed by atoms with Crippen LogP contribution in [0.2, 0.25) is 0 Å². The minimum atomic E-state index is 0.854. The molecule has 0 heterocycles. The maximum Gasteiger partial charge on any atom is 0.0411 e. The number of benzene rings is 1. The Morgan fingerprint density at radius 1 is 1.38 bits per heavy atom. The topological polar surface area (TPSA) is 15.3 Å². The summed E-state index contributed by atoms with van der Waals surface area (Å²) in [6.45, 7) is 9.10. The van der Waals surface area contributed by atoms with E-state index in [0.29, 0.717) is 0 Å². The van der Waals surface area contributed by atoms with Crippen molar-refractivity contribution in [2.45, 2.75) is 20.3 Å². The van der Waals surface area contributed by atoms with Crippen molar-refractivity contribution in [3.63, 3.8) is 0 Å². The standard InChI is InChI=1S/C14H22N2/c1-6-11(2)10-15-13-8-7-12(3)14(9-13)16(4)5/h7-9,15H,2,6,10H2,1,3-5H3. The van der Waals surface area contributed by atoms with Crippen LogP contribution in [0, 0.1) is 6.92 Å². The first-order chi connectivity index (χ1) is 7.54. The molecule has 0 spiro atoms. The first-order valence-electron chi connectivity index (χ1n) is 5.73. The van der Waals surface area contributed by atoms with E-state index >= 15 is 0 Å². The molecule has 0 aromatic heterocycles. The summed E-state index contributed by atoms with van der Waals surface area (Å²) >= 11 is 0. The van der Waals surface area contributed by atoms with Gasteiger partial charge in [0.25, 0.3) is 0 Å². The molecule has 1 aromatic carbocycles. The summed E-state index contributed by atoms with van der Waals surface area (Å²) in [4.78, 5) is 2.13. The summed E-state index contributed by atoms with van der Waals surface area (Å²) in [5.74, 6) is 0. The van der Waals surface area contributed by atoms with Crippen molar-refractivity contribution in [1.82, 2.24) is 0 Å². The SMILES string of the molecule is C=C(CC)CNc1ccc(C)c(N(C)C)c1. The second-order valence-corrected chi connectivity index (χ2v) is 4.35. The summed E-state index contributed by atoms with van der Waals surface area (Å²) in [5, 5.41) is 3.39. The fourth-order valence-corrected chi connectivity index (χ4v) is 1.55. The first kappa shape index (κ1) is 12.6. The van der Waals surface area contributed by atoms with E-state index in [1.54, 1.807) is 0 Å². The highest BCUT2D eigenvalue weighted by atomic mass is 15.1. The third-order valence-electron chi connectivity index (χ3n) is 2.73. The largest absolute Gasteiger partial charge is 0.381 e. The number of rotatable bonds is 5. The molecule has 2 heteroatoms. The van der Waals surface area contributed by atoms with Gasteiger partial charge in [0.2, 0.25) is 0 Å². The smallest absolute Gasteiger partial charge is 0.0411 e. The summed E-state index contributed by atoms with van der Waals surface area (Å²) in [5.41, 5.74) is 4.94. The third-order valence-corrected chi connectivity index (χ3v) is 2.73. The van der Waals surface area contributed by atoms with Gasteiger partial charge in [-0.05, 0) is 31.0 Å². The van der Waals surface area contributed by atoms with E-state index in [9.17, 15) is 0 Å². The van der Waals surface area contributed by atoms with Crippen LogP contribution < -0.4 is 10.2 Å². The Morgan fingerprint density at radius 3 is 2.62 bits per heavy atom. The van der Waals surface area contributed by atoms with E-state index in [4.69, 9.17) is 0 Å². The normalized spacial score (nSPS) is 10.0. The molecule has 0 amide bonds. The van der Waals surface area contributed by atoms with Gasteiger partial charge < -0.3 is 10.2 Å². The van der Waals surface area contributed by atoms with Crippen molar-refractivity contribution in [2.75, 3.05) is 30.9 Å². The minimum absolute atomic E-state index is 0.854. The molecule has 0 saturated heterocycles. The third kappa shape index (κ3) is 3.30. The van der Waals surface area contributed by atoms with Gasteiger partial charge in [0.05, 0.1) is 0 Å². The molecule has 0 saturated carbocycles. The Balaban J connectivity index is 2.75. The molecule has 1 N–H and O–H groups in total. The molecule has 88 valence electrons. The van der Waals surface area contributed by atoms with Crippen LogP contribution in [0.25, 0.3) is 0 Å². The quantitative estimate of drug-likeness (QED) is 0.762. The van der Waals surface area contributed by atoms with Crippen LogP contribution in [-0.2, 0) is 0 Å². The van der Waals surface area contributed by atoms with Crippen LogP contribution >= 0.6 is 0 Å². The van der Waals surface area contributed by atoms with Crippen molar-refractivity contribution in [1.29, 1.82) is 0 Å². The van der Waals surface area contributed by atoms with Crippen molar-refractivity contribution in [3.05, 3.63) is 35.9 Å². The fraction of sp³-hybridized carbons (Fsp3) is 0.429. The second-order valence-electron chi connectivity index (χ2n) is 4.35. The number of hydrogen-bond acceptors (Lipinski definition) is 2. The molecule has 0 bridgehead atoms. The van der Waals surface area contributed by atoms with Gasteiger partial charge in [-0.2, -0.15) is 0 Å². The maximum atomic E-state index is 3.99. The van der Waals surface area contributed by atoms with Crippen LogP contribution in [0.15, 0.2) is 30.4 Å². The fourth-order valence-electron chi connectivity index (χ4n) is 1.55. The van der Waals surface area contributed by atoms with E-state index < -0.39 is 0 Å². The number of anilines is 2. The van der Waals surface area contributed by atoms with Crippen LogP contribution in [-0.4, -0.2) is 20.6 Å². The van der Waals surface area contributed by atoms with Gasteiger partial charge in [-0.15, -0.1) is 0 Å². The summed E-state index contributed by atoms with van der Waals surface area (Å²) in [6.07, 6.45) is 1.03. The zero-order valence-corrected chi connectivity index (χ0v) is 10.8. The van der Waals surface area contributed by atoms with Crippen LogP contribution in [0.1, 0.15) is 18.9 Å². The van der Waals surface area contributed by atoms with E-state index in [0.717, 1.165) is 18.7 Å². The molecule has 0 atom stereocenters. The van der Waals surface area contributed by atoms with Gasteiger partial charge in [-0.25, -0.2) is 0 Å². The van der Waals surface area contributed by atoms with Crippen molar-refractivity contribution in [2.24, 2.45) is 0 Å². The summed E-state index contributed by atoms with van der Waals surface area (Å²) in [7, 11) is 4.13. The van der Waals surface area contributed by atoms with Gasteiger partial charge in [-0.3, -0.25) is 0 Å². The van der Waals surface area contributed by atoms with Gasteiger partial charge >= 0.3 is 0 Å². The zero-order chi connectivity index (χ0) is 12.1. The highest BCUT2D eigenvalue weighted by molar-refractivity contribution is 5.62. The highest BCUT2D eigenvalue weighted by Gasteiger charge is 2.02. The Hall–Kier alpha value is -1.44. The molecule has 1 aromatic rings. The lowest BCUT2D eigenvalue weighted by atomic mass is 10.1. The number of hydrogen-bond donors (Lipinski definition) is 1. The molecule has 1 rings (SSSR count). The molecule has 0 radical (unpaired) electrons. The molecule has 16 heavy (non-hydrogen) atoms. The Bertz CT molecular complexity index is 367. The molecule has 0 aliphatic heterocycles. The monoisotopic (exact) mass is 218 g/mol. The minimum Gasteiger partial charge on any atom is -0.381 e. The molecule has 0 unspecified atom stereocenters. The lowest BCUT2D eigenvalue weighted by molar-refractivity contribution is 1.05. The van der Waals surface area contributed by atoms with Gasteiger partial charge in [0, 0.05) is 32.0 Å². The van der Waals surface area contributed by atoms with Crippen molar-refractivity contribution >= 4 is 11.4 Å². The number of nitrogens with zero attached hydrogens (tertiary/aromatic N) is 1. The number of aryl methyl sites for hydroxylation is 1. The molecule has 0 aliphatic rings. The van der Waals surface area contributed by atoms with Crippen molar-refractivity contribution < 1.29 is 0 Å². The van der Waals surface area contributed by atoms with Gasteiger partial charge in [-0.1, -0.05) is 25.1 Å². The molecular weight excluding hydrogens is 196 g/mol. The maximum absolute atomic E-state index is 3.99. The molecular formula is C14H22N2. The lowest BCUT2D eigenvalue weighted by Gasteiger charge is -2.17. The van der Waals surface area contributed by atoms with E-state index in [-0.39, 0.29) is 0 Å². The molecule has 0 fully saturated rings. The average Bonchev–Trinajstić information content (AvgIpc) is 2.27. The number of nitrogens with one attached hydrogen (secondary N) is 1. The predicted molar refractivity (Wildman–Crippen MR) is 73.4 cm³/mol. The predicted octanol–water partition coefficient (Wildman–Crippen LogP) is 3.44. The Morgan fingerprint density at radius 2 is 2.06 bits per heavy atom. The molecule has 2 nitrogen and oxygen atoms in total. The zero-order valence-electron chi connectivity index (χ0n) is 10.8. The van der Waals surface area contributed by atoms with Crippen LogP contribution in [0.5, 0.6) is 0 Å². The van der Waals surface area contributed by atoms with Crippen LogP contribution in [0.3, 0.4) is 0 Å². The lowest BCUT2D eigenvalue weighted by Crippen LogP contribution is -2.11. The van der Waals surface area contributed by atoms with E-state index in [1.807, 2.05) is 0 Å². The first-order valence-corrected chi connectivity index (χ1v) is 5.73. The molecule has 0 aliphatic carbocycles. The summed E-state index contributed by atoms with van der Waals surface area (Å²) in [6, 6.07) is 6.44. The van der Waals surface area contributed by atoms with Gasteiger partial charge in [0.1, 0.15) is 0 Å². The Labute approximate surface area is 99.0 Å². The second kappa shape index (κ2) is 5.59.